The number of hydrogen-bond donors (Lipinski definition) is 2. The lowest BCUT2D eigenvalue weighted by Crippen LogP contribution is -2.16. The lowest BCUT2D eigenvalue weighted by molar-refractivity contribution is 0.753. The Morgan fingerprint density at radius 3 is 2.67 bits per heavy atom. The molecule has 0 aliphatic rings. The molecule has 0 fully saturated rings. The first kappa shape index (κ1) is 19.1. The third kappa shape index (κ3) is 4.55. The summed E-state index contributed by atoms with van der Waals surface area (Å²) in [4.78, 5) is 13.5. The van der Waals surface area contributed by atoms with Crippen LogP contribution < -0.4 is 10.6 Å². The number of nitrogens with one attached hydrogen (secondary N) is 2. The predicted molar refractivity (Wildman–Crippen MR) is 113 cm³/mol. The summed E-state index contributed by atoms with van der Waals surface area (Å²) in [5, 5.41) is 7.51. The fourth-order valence-electron chi connectivity index (χ4n) is 2.70. The molecule has 5 nitrogen and oxygen atoms in total. The fourth-order valence-corrected chi connectivity index (χ4v) is 2.86. The number of aryl methyl sites for hydroxylation is 1. The minimum atomic E-state index is 0.275. The average Bonchev–Trinajstić information content (AvgIpc) is 2.68. The highest BCUT2D eigenvalue weighted by molar-refractivity contribution is 6.31. The molecular weight excluding hydrogens is 358 g/mol. The Morgan fingerprint density at radius 2 is 1.96 bits per heavy atom. The van der Waals surface area contributed by atoms with Gasteiger partial charge in [0, 0.05) is 40.8 Å². The van der Waals surface area contributed by atoms with Crippen molar-refractivity contribution < 1.29 is 0 Å². The van der Waals surface area contributed by atoms with E-state index in [1.165, 1.54) is 0 Å². The van der Waals surface area contributed by atoms with E-state index >= 15 is 0 Å². The number of benzene rings is 1. The van der Waals surface area contributed by atoms with E-state index in [1.807, 2.05) is 44.2 Å². The molecule has 2 heterocycles. The molecule has 0 aliphatic heterocycles. The number of hydrogen-bond acceptors (Lipinski definition) is 5. The van der Waals surface area contributed by atoms with Gasteiger partial charge in [-0.3, -0.25) is 4.98 Å². The summed E-state index contributed by atoms with van der Waals surface area (Å²) in [7, 11) is 0. The number of nitrogens with zero attached hydrogens (tertiary/aromatic N) is 3. The molecule has 0 aliphatic carbocycles. The van der Waals surface area contributed by atoms with E-state index in [2.05, 4.69) is 39.4 Å². The van der Waals surface area contributed by atoms with Gasteiger partial charge >= 0.3 is 0 Å². The molecule has 0 saturated carbocycles. The van der Waals surface area contributed by atoms with Crippen LogP contribution in [0.5, 0.6) is 0 Å². The standard InChI is InChI=1S/C21H24ClN5/c1-5-14(3)24-21-25-18(16-7-6-10-23-12-16)11-19(27-21)26-20-13(2)8-9-17(22)15(20)4/h6-12,14H,5H2,1-4H3,(H2,24,25,26,27)/t14-/m0/s1. The van der Waals surface area contributed by atoms with E-state index < -0.39 is 0 Å². The monoisotopic (exact) mass is 381 g/mol. The van der Waals surface area contributed by atoms with E-state index in [0.717, 1.165) is 39.5 Å². The zero-order chi connectivity index (χ0) is 19.4. The first-order chi connectivity index (χ1) is 13.0. The van der Waals surface area contributed by atoms with Gasteiger partial charge in [-0.25, -0.2) is 4.98 Å². The smallest absolute Gasteiger partial charge is 0.225 e. The highest BCUT2D eigenvalue weighted by Crippen LogP contribution is 2.30. The molecule has 0 amide bonds. The Bertz CT molecular complexity index is 927. The molecule has 3 aromatic rings. The molecule has 6 heteroatoms. The zero-order valence-electron chi connectivity index (χ0n) is 16.0. The van der Waals surface area contributed by atoms with E-state index in [9.17, 15) is 0 Å². The maximum atomic E-state index is 6.30. The van der Waals surface area contributed by atoms with Gasteiger partial charge in [-0.1, -0.05) is 24.6 Å². The van der Waals surface area contributed by atoms with Gasteiger partial charge in [0.25, 0.3) is 0 Å². The van der Waals surface area contributed by atoms with Crippen LogP contribution in [-0.2, 0) is 0 Å². The number of anilines is 3. The van der Waals surface area contributed by atoms with E-state index in [1.54, 1.807) is 12.4 Å². The van der Waals surface area contributed by atoms with Gasteiger partial charge in [-0.15, -0.1) is 0 Å². The molecule has 27 heavy (non-hydrogen) atoms. The molecule has 1 atom stereocenters. The van der Waals surface area contributed by atoms with Gasteiger partial charge in [0.15, 0.2) is 0 Å². The van der Waals surface area contributed by atoms with Crippen molar-refractivity contribution in [2.75, 3.05) is 10.6 Å². The lowest BCUT2D eigenvalue weighted by Gasteiger charge is -2.17. The first-order valence-electron chi connectivity index (χ1n) is 9.06. The summed E-state index contributed by atoms with van der Waals surface area (Å²) >= 11 is 6.30. The molecule has 2 aromatic heterocycles. The van der Waals surface area contributed by atoms with Crippen LogP contribution in [0.15, 0.2) is 42.7 Å². The van der Waals surface area contributed by atoms with E-state index in [0.29, 0.717) is 11.8 Å². The minimum absolute atomic E-state index is 0.275. The molecule has 0 spiro atoms. The second-order valence-corrected chi connectivity index (χ2v) is 7.05. The highest BCUT2D eigenvalue weighted by atomic mass is 35.5. The summed E-state index contributed by atoms with van der Waals surface area (Å²) in [5.74, 6) is 1.30. The van der Waals surface area contributed by atoms with Crippen molar-refractivity contribution in [3.63, 3.8) is 0 Å². The van der Waals surface area contributed by atoms with Crippen LogP contribution in [-0.4, -0.2) is 21.0 Å². The van der Waals surface area contributed by atoms with Crippen LogP contribution >= 0.6 is 11.6 Å². The van der Waals surface area contributed by atoms with Gasteiger partial charge in [-0.05, 0) is 56.5 Å². The van der Waals surface area contributed by atoms with Crippen LogP contribution in [0.25, 0.3) is 11.3 Å². The highest BCUT2D eigenvalue weighted by Gasteiger charge is 2.12. The lowest BCUT2D eigenvalue weighted by atomic mass is 10.1. The summed E-state index contributed by atoms with van der Waals surface area (Å²) < 4.78 is 0. The quantitative estimate of drug-likeness (QED) is 0.568. The molecular formula is C21H24ClN5. The Labute approximate surface area is 165 Å². The predicted octanol–water partition coefficient (Wildman–Crippen LogP) is 5.76. The minimum Gasteiger partial charge on any atom is -0.352 e. The molecule has 140 valence electrons. The molecule has 3 rings (SSSR count). The Kier molecular flexibility index (Phi) is 5.91. The largest absolute Gasteiger partial charge is 0.352 e. The van der Waals surface area contributed by atoms with Crippen molar-refractivity contribution in [1.82, 2.24) is 15.0 Å². The van der Waals surface area contributed by atoms with E-state index in [-0.39, 0.29) is 6.04 Å². The summed E-state index contributed by atoms with van der Waals surface area (Å²) in [6.07, 6.45) is 4.53. The van der Waals surface area contributed by atoms with Gasteiger partial charge in [0.1, 0.15) is 5.82 Å². The molecule has 0 radical (unpaired) electrons. The first-order valence-corrected chi connectivity index (χ1v) is 9.44. The zero-order valence-corrected chi connectivity index (χ0v) is 16.8. The molecule has 1 aromatic carbocycles. The molecule has 0 saturated heterocycles. The molecule has 2 N–H and O–H groups in total. The topological polar surface area (TPSA) is 62.7 Å². The summed E-state index contributed by atoms with van der Waals surface area (Å²) in [5.41, 5.74) is 4.82. The molecule has 0 unspecified atom stereocenters. The third-order valence-corrected chi connectivity index (χ3v) is 4.94. The van der Waals surface area contributed by atoms with Crippen LogP contribution in [0.4, 0.5) is 17.5 Å². The van der Waals surface area contributed by atoms with Crippen molar-refractivity contribution in [2.24, 2.45) is 0 Å². The Balaban J connectivity index is 2.04. The van der Waals surface area contributed by atoms with Crippen molar-refractivity contribution in [3.05, 3.63) is 58.9 Å². The third-order valence-electron chi connectivity index (χ3n) is 4.53. The average molecular weight is 382 g/mol. The normalized spacial score (nSPS) is 11.9. The van der Waals surface area contributed by atoms with Crippen LogP contribution in [0.3, 0.4) is 0 Å². The van der Waals surface area contributed by atoms with Crippen molar-refractivity contribution in [3.8, 4) is 11.3 Å². The van der Waals surface area contributed by atoms with Crippen molar-refractivity contribution >= 4 is 29.1 Å². The maximum Gasteiger partial charge on any atom is 0.225 e. The van der Waals surface area contributed by atoms with Gasteiger partial charge in [0.05, 0.1) is 5.69 Å². The number of aromatic nitrogens is 3. The second kappa shape index (κ2) is 8.35. The van der Waals surface area contributed by atoms with Crippen LogP contribution in [0.1, 0.15) is 31.4 Å². The van der Waals surface area contributed by atoms with Crippen molar-refractivity contribution in [1.29, 1.82) is 0 Å². The summed E-state index contributed by atoms with van der Waals surface area (Å²) in [6, 6.07) is 10.0. The fraction of sp³-hybridized carbons (Fsp3) is 0.286. The second-order valence-electron chi connectivity index (χ2n) is 6.65. The van der Waals surface area contributed by atoms with Gasteiger partial charge in [0.2, 0.25) is 5.95 Å². The van der Waals surface area contributed by atoms with Gasteiger partial charge < -0.3 is 10.6 Å². The SMILES string of the molecule is CC[C@H](C)Nc1nc(Nc2c(C)ccc(Cl)c2C)cc(-c2cccnc2)n1. The van der Waals surface area contributed by atoms with Crippen LogP contribution in [0.2, 0.25) is 5.02 Å². The van der Waals surface area contributed by atoms with Crippen LogP contribution in [0, 0.1) is 13.8 Å². The molecule has 0 bridgehead atoms. The number of rotatable bonds is 6. The summed E-state index contributed by atoms with van der Waals surface area (Å²) in [6.45, 7) is 8.28. The Hall–Kier alpha value is -2.66. The van der Waals surface area contributed by atoms with Gasteiger partial charge in [-0.2, -0.15) is 4.98 Å². The van der Waals surface area contributed by atoms with E-state index in [4.69, 9.17) is 11.6 Å². The Morgan fingerprint density at radius 1 is 1.15 bits per heavy atom. The number of pyridine rings is 1. The maximum absolute atomic E-state index is 6.30. The van der Waals surface area contributed by atoms with Crippen molar-refractivity contribution in [2.45, 2.75) is 40.2 Å². The number of halogens is 1.